The molecule has 8 aromatic rings. The zero-order valence-electron chi connectivity index (χ0n) is 35.7. The fourth-order valence-corrected chi connectivity index (χ4v) is 12.7. The summed E-state index contributed by atoms with van der Waals surface area (Å²) in [7, 11) is 0. The average Bonchev–Trinajstić information content (AvgIpc) is 3.95. The normalized spacial score (nSPS) is 17.9. The second kappa shape index (κ2) is 12.6. The predicted molar refractivity (Wildman–Crippen MR) is 259 cm³/mol. The van der Waals surface area contributed by atoms with Crippen molar-refractivity contribution >= 4 is 22.6 Å². The lowest BCUT2D eigenvalue weighted by molar-refractivity contribution is 0.415. The first kappa shape index (κ1) is 35.8. The molecule has 1 spiro atoms. The highest BCUT2D eigenvalue weighted by Crippen LogP contribution is 2.64. The minimum absolute atomic E-state index is 0.0255. The summed E-state index contributed by atoms with van der Waals surface area (Å²) in [6, 6.07) is 67.1. The summed E-state index contributed by atoms with van der Waals surface area (Å²) >= 11 is 0. The first-order valence-electron chi connectivity index (χ1n) is 22.4. The van der Waals surface area contributed by atoms with Gasteiger partial charge in [0.1, 0.15) is 0 Å². The van der Waals surface area contributed by atoms with Gasteiger partial charge in [-0.2, -0.15) is 0 Å². The molecule has 1 heteroatoms. The van der Waals surface area contributed by atoms with Gasteiger partial charge in [-0.25, -0.2) is 0 Å². The second-order valence-corrected chi connectivity index (χ2v) is 19.2. The Hall–Kier alpha value is -6.96. The fraction of sp³-hybridized carbons (Fsp3) is 0.148. The summed E-state index contributed by atoms with van der Waals surface area (Å²) in [4.78, 5) is 2.50. The van der Waals surface area contributed by atoms with Crippen molar-refractivity contribution in [1.82, 2.24) is 0 Å². The van der Waals surface area contributed by atoms with Gasteiger partial charge in [0.05, 0.1) is 5.41 Å². The molecule has 5 aliphatic carbocycles. The van der Waals surface area contributed by atoms with Crippen LogP contribution < -0.4 is 4.90 Å². The summed E-state index contributed by atoms with van der Waals surface area (Å²) in [6.45, 7) is 9.65. The SMILES string of the molecule is CC1(C)c2ccccc2-c2ccc(N(c3ccc(-c4cccc5c4C4(c6ccccc6-c6ccccc64)c4ccccc4-5)cc3)c3ccc4c(c3)C(C)(C)C3CC=CC=C43)cc21. The van der Waals surface area contributed by atoms with E-state index >= 15 is 0 Å². The minimum atomic E-state index is -0.408. The van der Waals surface area contributed by atoms with Crippen LogP contribution in [0, 0.1) is 5.92 Å². The molecule has 296 valence electrons. The molecule has 0 aromatic heterocycles. The van der Waals surface area contributed by atoms with E-state index in [0.29, 0.717) is 5.92 Å². The van der Waals surface area contributed by atoms with Crippen molar-refractivity contribution in [1.29, 1.82) is 0 Å². The Morgan fingerprint density at radius 2 is 0.903 bits per heavy atom. The summed E-state index contributed by atoms with van der Waals surface area (Å²) < 4.78 is 0. The Bertz CT molecular complexity index is 3210. The molecule has 0 saturated carbocycles. The van der Waals surface area contributed by atoms with E-state index in [1.807, 2.05) is 0 Å². The van der Waals surface area contributed by atoms with Crippen LogP contribution in [0.5, 0.6) is 0 Å². The van der Waals surface area contributed by atoms with Crippen molar-refractivity contribution in [2.45, 2.75) is 50.4 Å². The van der Waals surface area contributed by atoms with Crippen LogP contribution in [-0.2, 0) is 16.2 Å². The van der Waals surface area contributed by atoms with E-state index in [4.69, 9.17) is 0 Å². The van der Waals surface area contributed by atoms with Crippen LogP contribution in [0.4, 0.5) is 17.1 Å². The van der Waals surface area contributed by atoms with Crippen LogP contribution in [0.15, 0.2) is 194 Å². The number of nitrogens with zero attached hydrogens (tertiary/aromatic N) is 1. The molecule has 0 saturated heterocycles. The van der Waals surface area contributed by atoms with Gasteiger partial charge in [-0.1, -0.05) is 185 Å². The third kappa shape index (κ3) is 4.53. The van der Waals surface area contributed by atoms with Crippen molar-refractivity contribution in [3.05, 3.63) is 239 Å². The second-order valence-electron chi connectivity index (χ2n) is 19.2. The number of benzene rings is 8. The highest BCUT2D eigenvalue weighted by molar-refractivity contribution is 5.99. The van der Waals surface area contributed by atoms with E-state index in [-0.39, 0.29) is 10.8 Å². The maximum absolute atomic E-state index is 2.50. The molecule has 0 radical (unpaired) electrons. The lowest BCUT2D eigenvalue weighted by Crippen LogP contribution is -2.26. The Morgan fingerprint density at radius 3 is 1.55 bits per heavy atom. The molecule has 8 aromatic carbocycles. The van der Waals surface area contributed by atoms with E-state index in [0.717, 1.165) is 12.1 Å². The molecule has 0 fully saturated rings. The zero-order valence-corrected chi connectivity index (χ0v) is 35.7. The maximum atomic E-state index is 2.50. The van der Waals surface area contributed by atoms with Crippen LogP contribution in [0.3, 0.4) is 0 Å². The van der Waals surface area contributed by atoms with Gasteiger partial charge in [0.15, 0.2) is 0 Å². The van der Waals surface area contributed by atoms with E-state index in [2.05, 4.69) is 227 Å². The zero-order chi connectivity index (χ0) is 41.5. The minimum Gasteiger partial charge on any atom is -0.310 e. The summed E-state index contributed by atoms with van der Waals surface area (Å²) in [6.07, 6.45) is 8.02. The van der Waals surface area contributed by atoms with Gasteiger partial charge in [0.2, 0.25) is 0 Å². The molecule has 62 heavy (non-hydrogen) atoms. The first-order valence-corrected chi connectivity index (χ1v) is 22.4. The molecule has 0 heterocycles. The van der Waals surface area contributed by atoms with Crippen LogP contribution in [0.2, 0.25) is 0 Å². The molecule has 1 nitrogen and oxygen atoms in total. The van der Waals surface area contributed by atoms with E-state index in [1.54, 1.807) is 0 Å². The molecule has 13 rings (SSSR count). The number of rotatable bonds is 4. The van der Waals surface area contributed by atoms with Gasteiger partial charge < -0.3 is 4.90 Å². The number of hydrogen-bond acceptors (Lipinski definition) is 1. The lowest BCUT2D eigenvalue weighted by atomic mass is 9.68. The van der Waals surface area contributed by atoms with E-state index in [1.165, 1.54) is 106 Å². The lowest BCUT2D eigenvalue weighted by Gasteiger charge is -2.32. The van der Waals surface area contributed by atoms with Crippen molar-refractivity contribution in [3.8, 4) is 44.5 Å². The van der Waals surface area contributed by atoms with Crippen molar-refractivity contribution in [2.75, 3.05) is 4.90 Å². The smallest absolute Gasteiger partial charge is 0.0731 e. The van der Waals surface area contributed by atoms with E-state index in [9.17, 15) is 0 Å². The topological polar surface area (TPSA) is 3.24 Å². The molecule has 1 unspecified atom stereocenters. The number of hydrogen-bond donors (Lipinski definition) is 0. The fourth-order valence-electron chi connectivity index (χ4n) is 12.7. The number of fused-ring (bicyclic) bond motifs is 16. The van der Waals surface area contributed by atoms with Crippen LogP contribution in [0.1, 0.15) is 78.6 Å². The van der Waals surface area contributed by atoms with Crippen molar-refractivity contribution < 1.29 is 0 Å². The highest BCUT2D eigenvalue weighted by atomic mass is 15.1. The van der Waals surface area contributed by atoms with Gasteiger partial charge in [-0.3, -0.25) is 0 Å². The first-order chi connectivity index (χ1) is 30.3. The van der Waals surface area contributed by atoms with Gasteiger partial charge in [-0.05, 0) is 149 Å². The largest absolute Gasteiger partial charge is 0.310 e. The van der Waals surface area contributed by atoms with Gasteiger partial charge >= 0.3 is 0 Å². The van der Waals surface area contributed by atoms with Crippen LogP contribution in [0.25, 0.3) is 50.1 Å². The van der Waals surface area contributed by atoms with E-state index < -0.39 is 5.41 Å². The average molecular weight is 794 g/mol. The Labute approximate surface area is 365 Å². The highest BCUT2D eigenvalue weighted by Gasteiger charge is 2.52. The third-order valence-electron chi connectivity index (χ3n) is 15.6. The summed E-state index contributed by atoms with van der Waals surface area (Å²) in [5, 5.41) is 0. The molecule has 5 aliphatic rings. The van der Waals surface area contributed by atoms with Crippen molar-refractivity contribution in [2.24, 2.45) is 5.92 Å². The molecule has 0 bridgehead atoms. The Morgan fingerprint density at radius 1 is 0.419 bits per heavy atom. The molecule has 0 N–H and O–H groups in total. The molecule has 0 amide bonds. The van der Waals surface area contributed by atoms with Crippen molar-refractivity contribution in [3.63, 3.8) is 0 Å². The van der Waals surface area contributed by atoms with Crippen LogP contribution >= 0.6 is 0 Å². The standard InChI is InChI=1S/C61H47N/c1-59(2)51-23-10-5-16-43(51)48-34-32-40(36-56(48)59)62(41-33-35-49-44-17-6-11-24-52(44)60(3,4)57(49)37-41)39-30-28-38(29-31-39)42-21-15-22-50-47-20-9-14-27-55(47)61(58(42)50)53-25-12-7-18-45(53)46-19-8-13-26-54(46)61/h5-23,25-37,52H,24H2,1-4H3. The number of anilines is 3. The molecular formula is C61H47N. The summed E-state index contributed by atoms with van der Waals surface area (Å²) in [5.74, 6) is 0.491. The van der Waals surface area contributed by atoms with Gasteiger partial charge in [-0.15, -0.1) is 0 Å². The quantitative estimate of drug-likeness (QED) is 0.172. The monoisotopic (exact) mass is 793 g/mol. The molecule has 1 atom stereocenters. The third-order valence-corrected chi connectivity index (χ3v) is 15.6. The molecular weight excluding hydrogens is 747 g/mol. The number of allylic oxidation sites excluding steroid dienone is 4. The van der Waals surface area contributed by atoms with Crippen LogP contribution in [-0.4, -0.2) is 0 Å². The Balaban J connectivity index is 0.993. The Kier molecular flexibility index (Phi) is 7.24. The van der Waals surface area contributed by atoms with Gasteiger partial charge in [0, 0.05) is 22.5 Å². The summed E-state index contributed by atoms with van der Waals surface area (Å²) in [5.41, 5.74) is 26.1. The molecule has 0 aliphatic heterocycles. The predicted octanol–water partition coefficient (Wildman–Crippen LogP) is 15.7. The maximum Gasteiger partial charge on any atom is 0.0731 e. The van der Waals surface area contributed by atoms with Gasteiger partial charge in [0.25, 0.3) is 0 Å².